The summed E-state index contributed by atoms with van der Waals surface area (Å²) in [7, 11) is 3.21. The summed E-state index contributed by atoms with van der Waals surface area (Å²) in [6, 6.07) is 15.6. The van der Waals surface area contributed by atoms with Gasteiger partial charge in [-0.25, -0.2) is 9.79 Å². The Bertz CT molecular complexity index is 1240. The van der Waals surface area contributed by atoms with Crippen LogP contribution in [-0.4, -0.2) is 76.4 Å². The van der Waals surface area contributed by atoms with Gasteiger partial charge in [-0.15, -0.1) is 0 Å². The summed E-state index contributed by atoms with van der Waals surface area (Å²) in [4.78, 5) is 49.8. The van der Waals surface area contributed by atoms with Crippen LogP contribution >= 0.6 is 0 Å². The minimum atomic E-state index is -0.750. The van der Waals surface area contributed by atoms with E-state index in [1.807, 2.05) is 72.6 Å². The Balaban J connectivity index is 1.30. The standard InChI is InChI=1S/C26H27N5O5/c1-17-13-30-22-23(27-25(30)29(17)14-18-9-11-20(35-3)12-10-18)28(2)26(34)31(24(22)33)15-21(32)36-16-19-7-5-4-6-8-19/h4-13,22-23H,14-16H2,1-3H3. The van der Waals surface area contributed by atoms with Crippen molar-refractivity contribution >= 4 is 23.9 Å². The summed E-state index contributed by atoms with van der Waals surface area (Å²) in [6.45, 7) is 2.10. The largest absolute Gasteiger partial charge is 0.497 e. The lowest BCUT2D eigenvalue weighted by Gasteiger charge is -2.39. The number of carbonyl (C=O) groups excluding carboxylic acids is 3. The maximum atomic E-state index is 13.5. The van der Waals surface area contributed by atoms with Gasteiger partial charge in [-0.3, -0.25) is 14.5 Å². The quantitative estimate of drug-likeness (QED) is 0.551. The predicted octanol–water partition coefficient (Wildman–Crippen LogP) is 2.38. The Morgan fingerprint density at radius 3 is 2.42 bits per heavy atom. The van der Waals surface area contributed by atoms with Crippen molar-refractivity contribution in [2.75, 3.05) is 20.7 Å². The number of urea groups is 1. The first kappa shape index (κ1) is 23.4. The number of rotatable bonds is 7. The summed E-state index contributed by atoms with van der Waals surface area (Å²) in [5.74, 6) is 0.237. The van der Waals surface area contributed by atoms with E-state index in [2.05, 4.69) is 0 Å². The maximum absolute atomic E-state index is 13.5. The second-order valence-corrected chi connectivity index (χ2v) is 8.86. The second kappa shape index (κ2) is 9.37. The molecule has 10 heteroatoms. The van der Waals surface area contributed by atoms with Crippen LogP contribution in [0.3, 0.4) is 0 Å². The van der Waals surface area contributed by atoms with Gasteiger partial charge in [-0.2, -0.15) is 0 Å². The zero-order chi connectivity index (χ0) is 25.4. The summed E-state index contributed by atoms with van der Waals surface area (Å²) in [5.41, 5.74) is 2.79. The van der Waals surface area contributed by atoms with E-state index in [4.69, 9.17) is 14.5 Å². The molecule has 0 bridgehead atoms. The summed E-state index contributed by atoms with van der Waals surface area (Å²) in [6.07, 6.45) is 1.18. The minimum Gasteiger partial charge on any atom is -0.497 e. The van der Waals surface area contributed by atoms with Gasteiger partial charge in [-0.1, -0.05) is 42.5 Å². The van der Waals surface area contributed by atoms with Crippen LogP contribution in [0.5, 0.6) is 5.75 Å². The highest BCUT2D eigenvalue weighted by atomic mass is 16.5. The van der Waals surface area contributed by atoms with Crippen LogP contribution < -0.4 is 4.74 Å². The molecule has 5 rings (SSSR count). The molecule has 0 aliphatic carbocycles. The number of esters is 1. The molecule has 3 heterocycles. The molecular weight excluding hydrogens is 462 g/mol. The lowest BCUT2D eigenvalue weighted by atomic mass is 10.1. The van der Waals surface area contributed by atoms with Crippen LogP contribution in [0.2, 0.25) is 0 Å². The molecule has 2 aromatic carbocycles. The zero-order valence-corrected chi connectivity index (χ0v) is 20.3. The van der Waals surface area contributed by atoms with Crippen molar-refractivity contribution in [1.82, 2.24) is 19.6 Å². The number of imide groups is 1. The van der Waals surface area contributed by atoms with Gasteiger partial charge in [0.25, 0.3) is 5.91 Å². The molecule has 186 valence electrons. The predicted molar refractivity (Wildman–Crippen MR) is 130 cm³/mol. The number of likely N-dealkylation sites (N-methyl/N-ethyl adjacent to an activating group) is 1. The molecule has 0 spiro atoms. The van der Waals surface area contributed by atoms with Crippen molar-refractivity contribution in [2.24, 2.45) is 4.99 Å². The number of benzene rings is 2. The molecule has 2 aromatic rings. The molecule has 3 aliphatic rings. The molecule has 0 radical (unpaired) electrons. The number of ether oxygens (including phenoxy) is 2. The SMILES string of the molecule is COc1ccc(CN2C(C)=CN3C2=NC2C3C(=O)N(CC(=O)OCc3ccccc3)C(=O)N2C)cc1. The van der Waals surface area contributed by atoms with Gasteiger partial charge in [0.1, 0.15) is 18.9 Å². The van der Waals surface area contributed by atoms with Crippen molar-refractivity contribution in [3.63, 3.8) is 0 Å². The molecule has 0 saturated carbocycles. The Morgan fingerprint density at radius 2 is 1.72 bits per heavy atom. The van der Waals surface area contributed by atoms with Crippen molar-refractivity contribution in [1.29, 1.82) is 0 Å². The average Bonchev–Trinajstić information content (AvgIpc) is 3.40. The van der Waals surface area contributed by atoms with E-state index in [-0.39, 0.29) is 6.61 Å². The maximum Gasteiger partial charge on any atom is 0.328 e. The fourth-order valence-electron chi connectivity index (χ4n) is 4.57. The van der Waals surface area contributed by atoms with E-state index in [0.717, 1.165) is 27.5 Å². The minimum absolute atomic E-state index is 0.0689. The monoisotopic (exact) mass is 489 g/mol. The second-order valence-electron chi connectivity index (χ2n) is 8.86. The highest BCUT2D eigenvalue weighted by Crippen LogP contribution is 2.34. The van der Waals surface area contributed by atoms with Gasteiger partial charge in [0, 0.05) is 18.9 Å². The number of amides is 3. The summed E-state index contributed by atoms with van der Waals surface area (Å²) >= 11 is 0. The third kappa shape index (κ3) is 4.15. The number of nitrogens with zero attached hydrogens (tertiary/aromatic N) is 5. The zero-order valence-electron chi connectivity index (χ0n) is 20.3. The van der Waals surface area contributed by atoms with Crippen LogP contribution in [-0.2, 0) is 27.5 Å². The normalized spacial score (nSPS) is 20.8. The van der Waals surface area contributed by atoms with Gasteiger partial charge in [-0.05, 0) is 30.2 Å². The Labute approximate surface area is 209 Å². The smallest absolute Gasteiger partial charge is 0.328 e. The van der Waals surface area contributed by atoms with Gasteiger partial charge < -0.3 is 24.2 Å². The van der Waals surface area contributed by atoms with Crippen LogP contribution in [0.15, 0.2) is 71.5 Å². The van der Waals surface area contributed by atoms with Gasteiger partial charge >= 0.3 is 12.0 Å². The third-order valence-corrected chi connectivity index (χ3v) is 6.53. The van der Waals surface area contributed by atoms with E-state index in [0.29, 0.717) is 12.5 Å². The highest BCUT2D eigenvalue weighted by Gasteiger charge is 2.54. The van der Waals surface area contributed by atoms with Crippen molar-refractivity contribution in [2.45, 2.75) is 32.3 Å². The fraction of sp³-hybridized carbons (Fsp3) is 0.308. The van der Waals surface area contributed by atoms with E-state index in [1.54, 1.807) is 19.1 Å². The number of methoxy groups -OCH3 is 1. The van der Waals surface area contributed by atoms with Crippen LogP contribution in [0.25, 0.3) is 0 Å². The van der Waals surface area contributed by atoms with E-state index in [1.165, 1.54) is 4.90 Å². The molecule has 2 atom stereocenters. The topological polar surface area (TPSA) is 95.0 Å². The van der Waals surface area contributed by atoms with E-state index in [9.17, 15) is 14.4 Å². The highest BCUT2D eigenvalue weighted by molar-refractivity contribution is 6.06. The first-order valence-electron chi connectivity index (χ1n) is 11.6. The van der Waals surface area contributed by atoms with Crippen LogP contribution in [0.4, 0.5) is 4.79 Å². The van der Waals surface area contributed by atoms with Gasteiger partial charge in [0.2, 0.25) is 5.96 Å². The molecule has 3 aliphatic heterocycles. The number of hydrogen-bond donors (Lipinski definition) is 0. The number of carbonyl (C=O) groups is 3. The Morgan fingerprint density at radius 1 is 1.00 bits per heavy atom. The number of allylic oxidation sites excluding steroid dienone is 1. The molecule has 10 nitrogen and oxygen atoms in total. The van der Waals surface area contributed by atoms with E-state index >= 15 is 0 Å². The molecular formula is C26H27N5O5. The summed E-state index contributed by atoms with van der Waals surface area (Å²) < 4.78 is 10.5. The van der Waals surface area contributed by atoms with E-state index < -0.39 is 36.7 Å². The molecule has 36 heavy (non-hydrogen) atoms. The van der Waals surface area contributed by atoms with Crippen LogP contribution in [0.1, 0.15) is 18.1 Å². The van der Waals surface area contributed by atoms with Crippen molar-refractivity contribution < 1.29 is 23.9 Å². The number of hydrogen-bond acceptors (Lipinski definition) is 8. The van der Waals surface area contributed by atoms with Crippen molar-refractivity contribution in [3.05, 3.63) is 77.6 Å². The molecule has 0 N–H and O–H groups in total. The number of fused-ring (bicyclic) bond motifs is 3. The van der Waals surface area contributed by atoms with Gasteiger partial charge in [0.15, 0.2) is 12.2 Å². The lowest BCUT2D eigenvalue weighted by Crippen LogP contribution is -2.65. The average molecular weight is 490 g/mol. The van der Waals surface area contributed by atoms with Crippen LogP contribution in [0, 0.1) is 0 Å². The first-order valence-corrected chi connectivity index (χ1v) is 11.6. The molecule has 1 saturated heterocycles. The molecule has 2 unspecified atom stereocenters. The number of aliphatic imine (C=N–C) groups is 1. The Hall–Kier alpha value is -4.34. The Kier molecular flexibility index (Phi) is 6.09. The number of guanidine groups is 1. The first-order chi connectivity index (χ1) is 17.4. The lowest BCUT2D eigenvalue weighted by molar-refractivity contribution is -0.151. The van der Waals surface area contributed by atoms with Gasteiger partial charge in [0.05, 0.1) is 13.7 Å². The third-order valence-electron chi connectivity index (χ3n) is 6.53. The summed E-state index contributed by atoms with van der Waals surface area (Å²) in [5, 5.41) is 0. The molecule has 3 amide bonds. The van der Waals surface area contributed by atoms with Crippen molar-refractivity contribution in [3.8, 4) is 5.75 Å². The molecule has 1 fully saturated rings. The fourth-order valence-corrected chi connectivity index (χ4v) is 4.57. The molecule has 0 aromatic heterocycles.